The quantitative estimate of drug-likeness (QED) is 0.824. The third-order valence-electron chi connectivity index (χ3n) is 3.36. The second-order valence-electron chi connectivity index (χ2n) is 5.92. The summed E-state index contributed by atoms with van der Waals surface area (Å²) in [7, 11) is -3.76. The molecule has 4 nitrogen and oxygen atoms in total. The molecule has 0 aliphatic heterocycles. The molecule has 0 saturated heterocycles. The van der Waals surface area contributed by atoms with Crippen LogP contribution in [0.25, 0.3) is 0 Å². The van der Waals surface area contributed by atoms with Crippen molar-refractivity contribution < 1.29 is 8.42 Å². The van der Waals surface area contributed by atoms with E-state index in [1.807, 2.05) is 6.92 Å². The normalized spacial score (nSPS) is 14.3. The van der Waals surface area contributed by atoms with Gasteiger partial charge in [0.1, 0.15) is 4.90 Å². The smallest absolute Gasteiger partial charge is 0.244 e. The van der Waals surface area contributed by atoms with Gasteiger partial charge in [-0.1, -0.05) is 50.9 Å². The molecule has 0 amide bonds. The summed E-state index contributed by atoms with van der Waals surface area (Å²) in [5.41, 5.74) is 5.75. The van der Waals surface area contributed by atoms with Gasteiger partial charge >= 0.3 is 0 Å². The van der Waals surface area contributed by atoms with Gasteiger partial charge in [-0.2, -0.15) is 0 Å². The van der Waals surface area contributed by atoms with E-state index in [4.69, 9.17) is 28.9 Å². The summed E-state index contributed by atoms with van der Waals surface area (Å²) in [6, 6.07) is 2.73. The van der Waals surface area contributed by atoms with Crippen molar-refractivity contribution >= 4 is 38.9 Å². The van der Waals surface area contributed by atoms with Crippen LogP contribution in [-0.2, 0) is 10.0 Å². The number of hydrogen-bond donors (Lipinski definition) is 2. The molecule has 0 aromatic heterocycles. The summed E-state index contributed by atoms with van der Waals surface area (Å²) < 4.78 is 27.1. The number of rotatable bonds is 4. The lowest BCUT2D eigenvalue weighted by atomic mass is 9.82. The van der Waals surface area contributed by atoms with Crippen LogP contribution in [0.3, 0.4) is 0 Å². The molecule has 3 N–H and O–H groups in total. The Morgan fingerprint density at radius 3 is 2.30 bits per heavy atom. The van der Waals surface area contributed by atoms with Crippen LogP contribution in [0.2, 0.25) is 10.0 Å². The van der Waals surface area contributed by atoms with E-state index in [0.29, 0.717) is 11.6 Å². The Morgan fingerprint density at radius 2 is 1.85 bits per heavy atom. The first-order valence-corrected chi connectivity index (χ1v) is 8.43. The van der Waals surface area contributed by atoms with Gasteiger partial charge in [-0.15, -0.1) is 0 Å². The molecule has 0 spiro atoms. The second-order valence-corrected chi connectivity index (χ2v) is 8.47. The molecule has 1 unspecified atom stereocenters. The standard InChI is InChI=1S/C13H20Cl2N2O2S/c1-8(13(2,3)4)7-17-20(18,19)12-10(15)5-9(14)6-11(12)16/h5-6,8,17H,7,16H2,1-4H3. The first-order chi connectivity index (χ1) is 8.95. The van der Waals surface area contributed by atoms with Crippen LogP contribution in [0.1, 0.15) is 27.7 Å². The van der Waals surface area contributed by atoms with Crippen molar-refractivity contribution in [3.63, 3.8) is 0 Å². The van der Waals surface area contributed by atoms with Crippen LogP contribution in [0.4, 0.5) is 5.69 Å². The van der Waals surface area contributed by atoms with E-state index in [1.165, 1.54) is 12.1 Å². The van der Waals surface area contributed by atoms with E-state index in [1.54, 1.807) is 0 Å². The molecule has 114 valence electrons. The average Bonchev–Trinajstić information content (AvgIpc) is 2.22. The highest BCUT2D eigenvalue weighted by Gasteiger charge is 2.25. The number of nitrogens with two attached hydrogens (primary N) is 1. The van der Waals surface area contributed by atoms with Crippen LogP contribution in [0, 0.1) is 11.3 Å². The van der Waals surface area contributed by atoms with Gasteiger partial charge in [-0.25, -0.2) is 13.1 Å². The van der Waals surface area contributed by atoms with Gasteiger partial charge in [-0.3, -0.25) is 0 Å². The van der Waals surface area contributed by atoms with Crippen LogP contribution in [0.15, 0.2) is 17.0 Å². The average molecular weight is 339 g/mol. The Morgan fingerprint density at radius 1 is 1.30 bits per heavy atom. The summed E-state index contributed by atoms with van der Waals surface area (Å²) in [5.74, 6) is 0.157. The van der Waals surface area contributed by atoms with E-state index in [0.717, 1.165) is 0 Å². The maximum atomic E-state index is 12.3. The maximum absolute atomic E-state index is 12.3. The number of nitrogens with one attached hydrogen (secondary N) is 1. The monoisotopic (exact) mass is 338 g/mol. The lowest BCUT2D eigenvalue weighted by Crippen LogP contribution is -2.34. The molecule has 1 rings (SSSR count). The van der Waals surface area contributed by atoms with Gasteiger partial charge in [-0.05, 0) is 23.5 Å². The number of hydrogen-bond acceptors (Lipinski definition) is 3. The number of halogens is 2. The van der Waals surface area contributed by atoms with Gasteiger partial charge in [0, 0.05) is 11.6 Å². The van der Waals surface area contributed by atoms with Crippen molar-refractivity contribution in [2.75, 3.05) is 12.3 Å². The Balaban J connectivity index is 3.02. The maximum Gasteiger partial charge on any atom is 0.244 e. The zero-order chi connectivity index (χ0) is 15.7. The highest BCUT2D eigenvalue weighted by molar-refractivity contribution is 7.89. The van der Waals surface area contributed by atoms with E-state index in [-0.39, 0.29) is 26.9 Å². The number of nitrogen functional groups attached to an aromatic ring is 1. The minimum Gasteiger partial charge on any atom is -0.398 e. The van der Waals surface area contributed by atoms with Crippen LogP contribution < -0.4 is 10.5 Å². The lowest BCUT2D eigenvalue weighted by Gasteiger charge is -2.27. The fraction of sp³-hybridized carbons (Fsp3) is 0.538. The molecular formula is C13H20Cl2N2O2S. The van der Waals surface area contributed by atoms with Crippen LogP contribution in [-0.4, -0.2) is 15.0 Å². The molecule has 0 aliphatic rings. The Labute approximate surface area is 130 Å². The Kier molecular flexibility index (Phi) is 5.35. The minimum absolute atomic E-state index is 0.00213. The van der Waals surface area contributed by atoms with Crippen LogP contribution in [0.5, 0.6) is 0 Å². The molecule has 0 heterocycles. The van der Waals surface area contributed by atoms with Gasteiger partial charge in [0.05, 0.1) is 10.7 Å². The van der Waals surface area contributed by atoms with E-state index in [2.05, 4.69) is 25.5 Å². The predicted molar refractivity (Wildman–Crippen MR) is 84.7 cm³/mol. The molecular weight excluding hydrogens is 319 g/mol. The summed E-state index contributed by atoms with van der Waals surface area (Å²) >= 11 is 11.7. The minimum atomic E-state index is -3.76. The first-order valence-electron chi connectivity index (χ1n) is 6.19. The van der Waals surface area contributed by atoms with Crippen molar-refractivity contribution in [2.24, 2.45) is 11.3 Å². The Hall–Kier alpha value is -0.490. The SMILES string of the molecule is CC(CNS(=O)(=O)c1c(N)cc(Cl)cc1Cl)C(C)(C)C. The van der Waals surface area contributed by atoms with Gasteiger partial charge in [0.15, 0.2) is 0 Å². The number of anilines is 1. The number of sulfonamides is 1. The molecule has 0 aliphatic carbocycles. The van der Waals surface area contributed by atoms with Gasteiger partial charge in [0.2, 0.25) is 10.0 Å². The molecule has 0 radical (unpaired) electrons. The lowest BCUT2D eigenvalue weighted by molar-refractivity contribution is 0.263. The highest BCUT2D eigenvalue weighted by atomic mass is 35.5. The molecule has 0 bridgehead atoms. The molecule has 1 atom stereocenters. The van der Waals surface area contributed by atoms with Crippen molar-refractivity contribution in [2.45, 2.75) is 32.6 Å². The summed E-state index contributed by atoms with van der Waals surface area (Å²) in [4.78, 5) is -0.121. The number of benzene rings is 1. The van der Waals surface area contributed by atoms with Crippen LogP contribution >= 0.6 is 23.2 Å². The molecule has 0 fully saturated rings. The molecule has 1 aromatic rings. The first kappa shape index (κ1) is 17.6. The summed E-state index contributed by atoms with van der Waals surface area (Å²) in [6.07, 6.45) is 0. The third kappa shape index (κ3) is 4.25. The predicted octanol–water partition coefficient (Wildman–Crippen LogP) is 3.54. The van der Waals surface area contributed by atoms with Crippen molar-refractivity contribution in [3.05, 3.63) is 22.2 Å². The van der Waals surface area contributed by atoms with E-state index in [9.17, 15) is 8.42 Å². The third-order valence-corrected chi connectivity index (χ3v) is 5.53. The van der Waals surface area contributed by atoms with Gasteiger partial charge in [0.25, 0.3) is 0 Å². The van der Waals surface area contributed by atoms with Crippen molar-refractivity contribution in [1.29, 1.82) is 0 Å². The molecule has 20 heavy (non-hydrogen) atoms. The molecule has 0 saturated carbocycles. The second kappa shape index (κ2) is 6.10. The Bertz CT molecular complexity index is 572. The molecule has 7 heteroatoms. The van der Waals surface area contributed by atoms with E-state index >= 15 is 0 Å². The van der Waals surface area contributed by atoms with Gasteiger partial charge < -0.3 is 5.73 Å². The largest absolute Gasteiger partial charge is 0.398 e. The molecule has 1 aromatic carbocycles. The topological polar surface area (TPSA) is 72.2 Å². The fourth-order valence-electron chi connectivity index (χ4n) is 1.48. The summed E-state index contributed by atoms with van der Waals surface area (Å²) in [5, 5.41) is 0.320. The highest BCUT2D eigenvalue weighted by Crippen LogP contribution is 2.31. The van der Waals surface area contributed by atoms with E-state index < -0.39 is 10.0 Å². The summed E-state index contributed by atoms with van der Waals surface area (Å²) in [6.45, 7) is 8.44. The van der Waals surface area contributed by atoms with Crippen molar-refractivity contribution in [1.82, 2.24) is 4.72 Å². The van der Waals surface area contributed by atoms with Crippen molar-refractivity contribution in [3.8, 4) is 0 Å². The zero-order valence-corrected chi connectivity index (χ0v) is 14.3. The zero-order valence-electron chi connectivity index (χ0n) is 12.0. The fourth-order valence-corrected chi connectivity index (χ4v) is 3.59.